The Morgan fingerprint density at radius 1 is 1.30 bits per heavy atom. The Labute approximate surface area is 117 Å². The van der Waals surface area contributed by atoms with E-state index < -0.39 is 11.8 Å². The molecule has 1 atom stereocenters. The largest absolute Gasteiger partial charge is 0.350 e. The first kappa shape index (κ1) is 13.5. The summed E-state index contributed by atoms with van der Waals surface area (Å²) >= 11 is 0. The number of hydrogen-bond donors (Lipinski definition) is 1. The van der Waals surface area contributed by atoms with Crippen molar-refractivity contribution < 1.29 is 13.6 Å². The summed E-state index contributed by atoms with van der Waals surface area (Å²) in [7, 11) is 0. The molecular weight excluding hydrogens is 260 g/mol. The van der Waals surface area contributed by atoms with Crippen molar-refractivity contribution in [3.8, 4) is 0 Å². The van der Waals surface area contributed by atoms with Crippen LogP contribution < -0.4 is 5.32 Å². The average molecular weight is 279 g/mol. The molecule has 3 rings (SSSR count). The highest BCUT2D eigenvalue weighted by Gasteiger charge is 2.57. The molecule has 0 bridgehead atoms. The average Bonchev–Trinajstić information content (AvgIpc) is 3.23. The number of hydrogen-bond acceptors (Lipinski definition) is 1. The van der Waals surface area contributed by atoms with E-state index in [4.69, 9.17) is 0 Å². The first-order chi connectivity index (χ1) is 9.39. The lowest BCUT2D eigenvalue weighted by Gasteiger charge is -2.17. The number of carbonyl (C=O) groups is 1. The molecule has 4 heteroatoms. The number of rotatable bonds is 5. The van der Waals surface area contributed by atoms with Crippen molar-refractivity contribution in [1.29, 1.82) is 0 Å². The van der Waals surface area contributed by atoms with Crippen LogP contribution in [0.15, 0.2) is 24.3 Å². The van der Waals surface area contributed by atoms with Crippen LogP contribution in [0.25, 0.3) is 0 Å². The predicted octanol–water partition coefficient (Wildman–Crippen LogP) is 3.23. The molecule has 20 heavy (non-hydrogen) atoms. The standard InChI is InChI=1S/C16H19F2NO/c1-11-2-4-12(5-3-11)9-15(6-7-15)19-14(20)8-13-10-16(13,17)18/h2-5,13H,6-10H2,1H3,(H,19,20). The first-order valence-electron chi connectivity index (χ1n) is 7.13. The van der Waals surface area contributed by atoms with Gasteiger partial charge in [-0.15, -0.1) is 0 Å². The SMILES string of the molecule is Cc1ccc(CC2(NC(=O)CC3CC3(F)F)CC2)cc1. The topological polar surface area (TPSA) is 29.1 Å². The quantitative estimate of drug-likeness (QED) is 0.881. The summed E-state index contributed by atoms with van der Waals surface area (Å²) in [4.78, 5) is 11.8. The molecule has 2 nitrogen and oxygen atoms in total. The Kier molecular flexibility index (Phi) is 3.07. The molecule has 2 fully saturated rings. The van der Waals surface area contributed by atoms with E-state index in [1.165, 1.54) is 11.1 Å². The minimum Gasteiger partial charge on any atom is -0.350 e. The highest BCUT2D eigenvalue weighted by Crippen LogP contribution is 2.51. The zero-order chi connectivity index (χ0) is 14.4. The fourth-order valence-electron chi connectivity index (χ4n) is 2.66. The van der Waals surface area contributed by atoms with E-state index in [0.29, 0.717) is 0 Å². The maximum atomic E-state index is 12.8. The molecule has 2 aliphatic carbocycles. The second kappa shape index (κ2) is 4.54. The van der Waals surface area contributed by atoms with E-state index in [0.717, 1.165) is 19.3 Å². The smallest absolute Gasteiger partial charge is 0.252 e. The van der Waals surface area contributed by atoms with E-state index in [-0.39, 0.29) is 24.3 Å². The zero-order valence-corrected chi connectivity index (χ0v) is 11.6. The number of aryl methyl sites for hydroxylation is 1. The Bertz CT molecular complexity index is 520. The van der Waals surface area contributed by atoms with E-state index in [2.05, 4.69) is 29.6 Å². The van der Waals surface area contributed by atoms with Crippen LogP contribution in [0, 0.1) is 12.8 Å². The maximum absolute atomic E-state index is 12.8. The predicted molar refractivity (Wildman–Crippen MR) is 72.7 cm³/mol. The molecule has 0 aliphatic heterocycles. The number of halogens is 2. The van der Waals surface area contributed by atoms with E-state index in [1.807, 2.05) is 6.92 Å². The molecule has 1 aromatic rings. The number of alkyl halides is 2. The third kappa shape index (κ3) is 3.00. The summed E-state index contributed by atoms with van der Waals surface area (Å²) in [5.41, 5.74) is 2.21. The third-order valence-corrected chi connectivity index (χ3v) is 4.31. The Hall–Kier alpha value is -1.45. The van der Waals surface area contributed by atoms with Crippen molar-refractivity contribution in [3.63, 3.8) is 0 Å². The monoisotopic (exact) mass is 279 g/mol. The van der Waals surface area contributed by atoms with Crippen LogP contribution in [0.3, 0.4) is 0 Å². The molecule has 108 valence electrons. The van der Waals surface area contributed by atoms with Crippen LogP contribution in [0.4, 0.5) is 8.78 Å². The summed E-state index contributed by atoms with van der Waals surface area (Å²) in [6.45, 7) is 2.04. The molecule has 0 heterocycles. The summed E-state index contributed by atoms with van der Waals surface area (Å²) in [5, 5.41) is 2.97. The van der Waals surface area contributed by atoms with E-state index >= 15 is 0 Å². The van der Waals surface area contributed by atoms with Gasteiger partial charge in [0.05, 0.1) is 0 Å². The number of benzene rings is 1. The molecule has 0 aromatic heterocycles. The van der Waals surface area contributed by atoms with E-state index in [9.17, 15) is 13.6 Å². The van der Waals surface area contributed by atoms with Gasteiger partial charge in [0.15, 0.2) is 0 Å². The molecule has 0 spiro atoms. The van der Waals surface area contributed by atoms with Crippen LogP contribution in [0.1, 0.15) is 36.8 Å². The lowest BCUT2D eigenvalue weighted by Crippen LogP contribution is -2.38. The van der Waals surface area contributed by atoms with Gasteiger partial charge in [-0.3, -0.25) is 4.79 Å². The molecule has 1 aromatic carbocycles. The molecule has 2 aliphatic rings. The van der Waals surface area contributed by atoms with Crippen molar-refractivity contribution in [2.75, 3.05) is 0 Å². The van der Waals surface area contributed by atoms with Gasteiger partial charge < -0.3 is 5.32 Å². The van der Waals surface area contributed by atoms with Gasteiger partial charge in [-0.05, 0) is 31.7 Å². The van der Waals surface area contributed by atoms with E-state index in [1.54, 1.807) is 0 Å². The summed E-state index contributed by atoms with van der Waals surface area (Å²) in [6, 6.07) is 8.24. The van der Waals surface area contributed by atoms with Crippen LogP contribution in [-0.4, -0.2) is 17.4 Å². The van der Waals surface area contributed by atoms with Crippen LogP contribution in [0.5, 0.6) is 0 Å². The fraction of sp³-hybridized carbons (Fsp3) is 0.562. The van der Waals surface area contributed by atoms with Gasteiger partial charge in [-0.1, -0.05) is 29.8 Å². The van der Waals surface area contributed by atoms with Gasteiger partial charge in [0, 0.05) is 24.3 Å². The molecule has 1 amide bonds. The maximum Gasteiger partial charge on any atom is 0.252 e. The van der Waals surface area contributed by atoms with Crippen LogP contribution in [-0.2, 0) is 11.2 Å². The van der Waals surface area contributed by atoms with Gasteiger partial charge in [-0.2, -0.15) is 0 Å². The molecule has 0 radical (unpaired) electrons. The second-order valence-electron chi connectivity index (χ2n) is 6.36. The Morgan fingerprint density at radius 3 is 2.40 bits per heavy atom. The molecule has 1 unspecified atom stereocenters. The number of amides is 1. The Morgan fingerprint density at radius 2 is 1.90 bits per heavy atom. The minimum atomic E-state index is -2.61. The zero-order valence-electron chi connectivity index (χ0n) is 11.6. The normalized spacial score (nSPS) is 25.1. The van der Waals surface area contributed by atoms with Crippen molar-refractivity contribution in [2.45, 2.75) is 50.5 Å². The third-order valence-electron chi connectivity index (χ3n) is 4.31. The molecule has 2 saturated carbocycles. The van der Waals surface area contributed by atoms with Crippen LogP contribution in [0.2, 0.25) is 0 Å². The fourth-order valence-corrected chi connectivity index (χ4v) is 2.66. The van der Waals surface area contributed by atoms with Crippen molar-refractivity contribution in [3.05, 3.63) is 35.4 Å². The molecular formula is C16H19F2NO. The minimum absolute atomic E-state index is 0.0390. The second-order valence-corrected chi connectivity index (χ2v) is 6.36. The van der Waals surface area contributed by atoms with Crippen LogP contribution >= 0.6 is 0 Å². The summed E-state index contributed by atoms with van der Waals surface area (Å²) in [6.07, 6.45) is 2.50. The van der Waals surface area contributed by atoms with Crippen molar-refractivity contribution in [1.82, 2.24) is 5.32 Å². The molecule has 0 saturated heterocycles. The van der Waals surface area contributed by atoms with Gasteiger partial charge in [-0.25, -0.2) is 8.78 Å². The lowest BCUT2D eigenvalue weighted by molar-refractivity contribution is -0.123. The lowest BCUT2D eigenvalue weighted by atomic mass is 10.0. The number of nitrogens with one attached hydrogen (secondary N) is 1. The highest BCUT2D eigenvalue weighted by molar-refractivity contribution is 5.78. The summed E-state index contributed by atoms with van der Waals surface area (Å²) < 4.78 is 25.6. The Balaban J connectivity index is 1.54. The van der Waals surface area contributed by atoms with Crippen molar-refractivity contribution >= 4 is 5.91 Å². The van der Waals surface area contributed by atoms with Crippen molar-refractivity contribution in [2.24, 2.45) is 5.92 Å². The summed E-state index contributed by atoms with van der Waals surface area (Å²) in [5.74, 6) is -3.57. The first-order valence-corrected chi connectivity index (χ1v) is 7.13. The molecule has 1 N–H and O–H groups in total. The highest BCUT2D eigenvalue weighted by atomic mass is 19.3. The number of carbonyl (C=O) groups excluding carboxylic acids is 1. The van der Waals surface area contributed by atoms with Gasteiger partial charge in [0.1, 0.15) is 0 Å². The van der Waals surface area contributed by atoms with Gasteiger partial charge in [0.2, 0.25) is 5.91 Å². The van der Waals surface area contributed by atoms with Gasteiger partial charge >= 0.3 is 0 Å². The van der Waals surface area contributed by atoms with Gasteiger partial charge in [0.25, 0.3) is 5.92 Å².